The first kappa shape index (κ1) is 20.7. The number of pyridine rings is 1. The number of fused-ring (bicyclic) bond motifs is 1. The van der Waals surface area contributed by atoms with Crippen LogP contribution in [0.4, 0.5) is 4.39 Å². The second kappa shape index (κ2) is 7.19. The van der Waals surface area contributed by atoms with Crippen molar-refractivity contribution in [2.75, 3.05) is 0 Å². The zero-order valence-corrected chi connectivity index (χ0v) is 18.9. The highest BCUT2D eigenvalue weighted by Gasteiger charge is 2.52. The van der Waals surface area contributed by atoms with Crippen molar-refractivity contribution >= 4 is 5.78 Å². The molecule has 0 saturated heterocycles. The minimum absolute atomic E-state index is 0.112. The topological polar surface area (TPSA) is 66.7 Å². The Labute approximate surface area is 187 Å². The molecule has 32 heavy (non-hydrogen) atoms. The van der Waals surface area contributed by atoms with Crippen molar-refractivity contribution in [1.82, 2.24) is 10.3 Å². The minimum Gasteiger partial charge on any atom is -0.362 e. The standard InChI is InChI=1S/C26H27FN4O/c1-5-26(17-8-6-7-16(10-17)18-9-15(2)28-14-20(18)27)19-13-29-31-24(19)30-21-11-25(3,4)12-22(32)23(21)26/h6-10,13-14,24,30H,5,11-12H2,1-4H3/t24?,26-/m0/s1. The van der Waals surface area contributed by atoms with Crippen LogP contribution in [0.5, 0.6) is 0 Å². The largest absolute Gasteiger partial charge is 0.362 e. The number of rotatable bonds is 3. The molecule has 5 nitrogen and oxygen atoms in total. The first-order valence-electron chi connectivity index (χ1n) is 11.1. The molecule has 1 N–H and O–H groups in total. The van der Waals surface area contributed by atoms with Gasteiger partial charge in [-0.25, -0.2) is 4.39 Å². The lowest BCUT2D eigenvalue weighted by atomic mass is 9.58. The van der Waals surface area contributed by atoms with E-state index in [-0.39, 0.29) is 23.2 Å². The number of carbonyl (C=O) groups excluding carboxylic acids is 1. The van der Waals surface area contributed by atoms with Crippen LogP contribution in [-0.4, -0.2) is 16.9 Å². The van der Waals surface area contributed by atoms with Gasteiger partial charge in [0.25, 0.3) is 0 Å². The quantitative estimate of drug-likeness (QED) is 0.673. The van der Waals surface area contributed by atoms with Gasteiger partial charge in [0, 0.05) is 34.5 Å². The van der Waals surface area contributed by atoms with Crippen LogP contribution in [0.15, 0.2) is 69.8 Å². The van der Waals surface area contributed by atoms with Crippen molar-refractivity contribution in [3.05, 3.63) is 76.6 Å². The molecule has 2 aliphatic heterocycles. The van der Waals surface area contributed by atoms with Crippen LogP contribution in [0.3, 0.4) is 0 Å². The highest BCUT2D eigenvalue weighted by atomic mass is 19.1. The highest BCUT2D eigenvalue weighted by Crippen LogP contribution is 2.54. The molecule has 2 atom stereocenters. The smallest absolute Gasteiger partial charge is 0.164 e. The van der Waals surface area contributed by atoms with Gasteiger partial charge in [0.2, 0.25) is 0 Å². The predicted molar refractivity (Wildman–Crippen MR) is 121 cm³/mol. The summed E-state index contributed by atoms with van der Waals surface area (Å²) >= 11 is 0. The molecule has 164 valence electrons. The zero-order chi connectivity index (χ0) is 22.7. The van der Waals surface area contributed by atoms with Crippen molar-refractivity contribution < 1.29 is 9.18 Å². The Morgan fingerprint density at radius 2 is 2.03 bits per heavy atom. The lowest BCUT2D eigenvalue weighted by molar-refractivity contribution is -0.119. The second-order valence-electron chi connectivity index (χ2n) is 9.80. The Morgan fingerprint density at radius 1 is 1.22 bits per heavy atom. The Bertz CT molecular complexity index is 1230. The van der Waals surface area contributed by atoms with Gasteiger partial charge in [0.1, 0.15) is 5.82 Å². The number of Topliss-reactive ketones (excluding diaryl/α,β-unsaturated/α-hetero) is 1. The first-order chi connectivity index (χ1) is 15.2. The third-order valence-electron chi connectivity index (χ3n) is 6.97. The molecule has 0 radical (unpaired) electrons. The van der Waals surface area contributed by atoms with E-state index in [2.05, 4.69) is 41.3 Å². The molecule has 1 unspecified atom stereocenters. The third kappa shape index (κ3) is 3.04. The van der Waals surface area contributed by atoms with Gasteiger partial charge in [-0.15, -0.1) is 0 Å². The van der Waals surface area contributed by atoms with Gasteiger partial charge < -0.3 is 5.32 Å². The Morgan fingerprint density at radius 3 is 2.81 bits per heavy atom. The van der Waals surface area contributed by atoms with Crippen molar-refractivity contribution in [3.63, 3.8) is 0 Å². The second-order valence-corrected chi connectivity index (χ2v) is 9.80. The number of allylic oxidation sites excluding steroid dienone is 2. The van der Waals surface area contributed by atoms with Gasteiger partial charge in [-0.3, -0.25) is 9.78 Å². The molecule has 0 fully saturated rings. The summed E-state index contributed by atoms with van der Waals surface area (Å²) in [6, 6.07) is 9.66. The summed E-state index contributed by atoms with van der Waals surface area (Å²) in [6.45, 7) is 8.20. The summed E-state index contributed by atoms with van der Waals surface area (Å²) in [4.78, 5) is 17.6. The molecule has 3 heterocycles. The summed E-state index contributed by atoms with van der Waals surface area (Å²) in [7, 11) is 0. The average molecular weight is 431 g/mol. The molecular weight excluding hydrogens is 403 g/mol. The Balaban J connectivity index is 1.74. The molecule has 5 rings (SSSR count). The minimum atomic E-state index is -0.642. The normalized spacial score (nSPS) is 25.8. The van der Waals surface area contributed by atoms with Gasteiger partial charge in [-0.2, -0.15) is 10.2 Å². The van der Waals surface area contributed by atoms with Crippen molar-refractivity contribution in [2.45, 2.75) is 58.5 Å². The van der Waals surface area contributed by atoms with E-state index in [1.54, 1.807) is 12.3 Å². The summed E-state index contributed by atoms with van der Waals surface area (Å²) in [5.74, 6) is -0.199. The fourth-order valence-corrected chi connectivity index (χ4v) is 5.61. The number of carbonyl (C=O) groups is 1. The number of azo groups is 1. The van der Waals surface area contributed by atoms with Crippen LogP contribution >= 0.6 is 0 Å². The predicted octanol–water partition coefficient (Wildman–Crippen LogP) is 5.77. The van der Waals surface area contributed by atoms with Gasteiger partial charge in [0.05, 0.1) is 17.8 Å². The van der Waals surface area contributed by atoms with Gasteiger partial charge in [0.15, 0.2) is 11.9 Å². The van der Waals surface area contributed by atoms with E-state index < -0.39 is 5.41 Å². The van der Waals surface area contributed by atoms with Crippen molar-refractivity contribution in [3.8, 4) is 11.1 Å². The van der Waals surface area contributed by atoms with Gasteiger partial charge >= 0.3 is 0 Å². The van der Waals surface area contributed by atoms with Crippen LogP contribution < -0.4 is 5.32 Å². The van der Waals surface area contributed by atoms with E-state index in [4.69, 9.17) is 0 Å². The monoisotopic (exact) mass is 430 g/mol. The number of benzene rings is 1. The van der Waals surface area contributed by atoms with Crippen LogP contribution in [-0.2, 0) is 10.2 Å². The summed E-state index contributed by atoms with van der Waals surface area (Å²) < 4.78 is 14.7. The molecule has 0 spiro atoms. The van der Waals surface area contributed by atoms with Crippen LogP contribution in [0.1, 0.15) is 51.3 Å². The number of ketones is 1. The number of hydrogen-bond acceptors (Lipinski definition) is 5. The molecular formula is C26H27FN4O. The van der Waals surface area contributed by atoms with Crippen LogP contribution in [0.2, 0.25) is 0 Å². The van der Waals surface area contributed by atoms with Gasteiger partial charge in [-0.05, 0) is 48.4 Å². The molecule has 3 aliphatic rings. The Kier molecular flexibility index (Phi) is 4.66. The van der Waals surface area contributed by atoms with E-state index in [1.165, 1.54) is 6.20 Å². The highest BCUT2D eigenvalue weighted by molar-refractivity contribution is 6.01. The molecule has 1 aliphatic carbocycles. The Hall–Kier alpha value is -3.15. The fraction of sp³-hybridized carbons (Fsp3) is 0.385. The van der Waals surface area contributed by atoms with E-state index >= 15 is 0 Å². The SMILES string of the molecule is CC[C@]1(c2cccc(-c3cc(C)ncc3F)c2)C2=CN=NC2NC2=C1C(=O)CC(C)(C)C2. The molecule has 1 aromatic heterocycles. The number of halogens is 1. The summed E-state index contributed by atoms with van der Waals surface area (Å²) in [6.07, 6.45) is 4.75. The van der Waals surface area contributed by atoms with Crippen molar-refractivity contribution in [2.24, 2.45) is 15.6 Å². The molecule has 0 saturated carbocycles. The lowest BCUT2D eigenvalue weighted by Gasteiger charge is -2.47. The van der Waals surface area contributed by atoms with Gasteiger partial charge in [-0.1, -0.05) is 39.0 Å². The number of aryl methyl sites for hydroxylation is 1. The maximum atomic E-state index is 14.7. The molecule has 6 heteroatoms. The van der Waals surface area contributed by atoms with E-state index in [9.17, 15) is 9.18 Å². The van der Waals surface area contributed by atoms with Crippen molar-refractivity contribution in [1.29, 1.82) is 0 Å². The molecule has 0 amide bonds. The maximum Gasteiger partial charge on any atom is 0.164 e. The lowest BCUT2D eigenvalue weighted by Crippen LogP contribution is -2.51. The third-order valence-corrected chi connectivity index (χ3v) is 6.97. The van der Waals surface area contributed by atoms with Crippen LogP contribution in [0, 0.1) is 18.2 Å². The number of aromatic nitrogens is 1. The van der Waals surface area contributed by atoms with Crippen LogP contribution in [0.25, 0.3) is 11.1 Å². The van der Waals surface area contributed by atoms with E-state index in [0.717, 1.165) is 40.1 Å². The average Bonchev–Trinajstić information content (AvgIpc) is 3.22. The number of nitrogens with one attached hydrogen (secondary N) is 1. The maximum absolute atomic E-state index is 14.7. The van der Waals surface area contributed by atoms with E-state index in [0.29, 0.717) is 18.4 Å². The zero-order valence-electron chi connectivity index (χ0n) is 18.9. The van der Waals surface area contributed by atoms with E-state index in [1.807, 2.05) is 31.2 Å². The number of hydrogen-bond donors (Lipinski definition) is 1. The molecule has 0 bridgehead atoms. The summed E-state index contributed by atoms with van der Waals surface area (Å²) in [5.41, 5.74) is 5.01. The fourth-order valence-electron chi connectivity index (χ4n) is 5.61. The summed E-state index contributed by atoms with van der Waals surface area (Å²) in [5, 5.41) is 12.1. The molecule has 1 aromatic carbocycles. The number of nitrogens with zero attached hydrogens (tertiary/aromatic N) is 3. The first-order valence-corrected chi connectivity index (χ1v) is 11.1. The molecule has 2 aromatic rings.